The van der Waals surface area contributed by atoms with E-state index in [9.17, 15) is 4.79 Å². The minimum Gasteiger partial charge on any atom is -0.462 e. The van der Waals surface area contributed by atoms with Crippen LogP contribution in [-0.2, 0) is 4.74 Å². The molecule has 0 amide bonds. The summed E-state index contributed by atoms with van der Waals surface area (Å²) in [4.78, 5) is 11.5. The molecule has 0 aliphatic heterocycles. The lowest BCUT2D eigenvalue weighted by atomic mass is 10.2. The highest BCUT2D eigenvalue weighted by molar-refractivity contribution is 9.10. The zero-order valence-corrected chi connectivity index (χ0v) is 10.1. The van der Waals surface area contributed by atoms with Crippen molar-refractivity contribution >= 4 is 33.5 Å². The summed E-state index contributed by atoms with van der Waals surface area (Å²) in [6, 6.07) is 5.02. The highest BCUT2D eigenvalue weighted by atomic mass is 79.9. The first-order chi connectivity index (χ1) is 6.65. The van der Waals surface area contributed by atoms with Gasteiger partial charge in [-0.25, -0.2) is 4.79 Å². The molecule has 0 saturated carbocycles. The van der Waals surface area contributed by atoms with Crippen LogP contribution in [0.15, 0.2) is 22.7 Å². The van der Waals surface area contributed by atoms with E-state index in [2.05, 4.69) is 15.9 Å². The Bertz CT molecular complexity index is 339. The van der Waals surface area contributed by atoms with Gasteiger partial charge < -0.3 is 4.74 Å². The molecule has 0 heterocycles. The van der Waals surface area contributed by atoms with Crippen LogP contribution >= 0.6 is 27.5 Å². The first-order valence-electron chi connectivity index (χ1n) is 4.27. The van der Waals surface area contributed by atoms with Gasteiger partial charge in [-0.05, 0) is 40.5 Å². The molecule has 0 N–H and O–H groups in total. The van der Waals surface area contributed by atoms with E-state index in [1.807, 2.05) is 6.92 Å². The molecule has 14 heavy (non-hydrogen) atoms. The third kappa shape index (κ3) is 3.00. The second-order valence-corrected chi connectivity index (χ2v) is 4.05. The Hall–Kier alpha value is -0.540. The molecule has 0 atom stereocenters. The summed E-state index contributed by atoms with van der Waals surface area (Å²) in [7, 11) is 0. The van der Waals surface area contributed by atoms with Gasteiger partial charge in [-0.2, -0.15) is 0 Å². The van der Waals surface area contributed by atoms with E-state index >= 15 is 0 Å². The lowest BCUT2D eigenvalue weighted by molar-refractivity contribution is 0.0504. The summed E-state index contributed by atoms with van der Waals surface area (Å²) in [5, 5.41) is 0.525. The lowest BCUT2D eigenvalue weighted by Gasteiger charge is -2.05. The average molecular weight is 278 g/mol. The molecular weight excluding hydrogens is 267 g/mol. The van der Waals surface area contributed by atoms with Gasteiger partial charge in [0.2, 0.25) is 0 Å². The standard InChI is InChI=1S/C10H10BrClO2/c1-2-5-14-10(13)8-6-7(12)3-4-9(8)11/h3-4,6H,2,5H2,1H3. The molecule has 0 unspecified atom stereocenters. The third-order valence-corrected chi connectivity index (χ3v) is 2.51. The fraction of sp³-hybridized carbons (Fsp3) is 0.300. The van der Waals surface area contributed by atoms with Gasteiger partial charge in [0.05, 0.1) is 12.2 Å². The molecule has 0 aliphatic carbocycles. The summed E-state index contributed by atoms with van der Waals surface area (Å²) < 4.78 is 5.68. The summed E-state index contributed by atoms with van der Waals surface area (Å²) >= 11 is 9.03. The topological polar surface area (TPSA) is 26.3 Å². The van der Waals surface area contributed by atoms with Crippen LogP contribution in [0.3, 0.4) is 0 Å². The molecule has 0 saturated heterocycles. The molecule has 2 nitrogen and oxygen atoms in total. The molecular formula is C10H10BrClO2. The van der Waals surface area contributed by atoms with Gasteiger partial charge in [0, 0.05) is 9.50 Å². The molecule has 0 radical (unpaired) electrons. The number of esters is 1. The van der Waals surface area contributed by atoms with Gasteiger partial charge >= 0.3 is 5.97 Å². The van der Waals surface area contributed by atoms with E-state index in [-0.39, 0.29) is 5.97 Å². The number of halogens is 2. The van der Waals surface area contributed by atoms with Gasteiger partial charge in [-0.15, -0.1) is 0 Å². The zero-order valence-electron chi connectivity index (χ0n) is 7.72. The van der Waals surface area contributed by atoms with Crippen LogP contribution in [0, 0.1) is 0 Å². The van der Waals surface area contributed by atoms with Gasteiger partial charge in [0.15, 0.2) is 0 Å². The van der Waals surface area contributed by atoms with E-state index in [1.165, 1.54) is 0 Å². The Kier molecular flexibility index (Phi) is 4.42. The number of carbonyl (C=O) groups excluding carboxylic acids is 1. The Morgan fingerprint density at radius 2 is 2.29 bits per heavy atom. The number of rotatable bonds is 3. The quantitative estimate of drug-likeness (QED) is 0.788. The van der Waals surface area contributed by atoms with E-state index in [1.54, 1.807) is 18.2 Å². The lowest BCUT2D eigenvalue weighted by Crippen LogP contribution is -2.06. The van der Waals surface area contributed by atoms with Crippen molar-refractivity contribution < 1.29 is 9.53 Å². The molecule has 1 aromatic carbocycles. The van der Waals surface area contributed by atoms with E-state index in [0.29, 0.717) is 21.7 Å². The summed E-state index contributed by atoms with van der Waals surface area (Å²) in [5.41, 5.74) is 0.464. The highest BCUT2D eigenvalue weighted by Crippen LogP contribution is 2.21. The molecule has 1 aromatic rings. The SMILES string of the molecule is CCCOC(=O)c1cc(Cl)ccc1Br. The number of carbonyl (C=O) groups is 1. The number of ether oxygens (including phenoxy) is 1. The fourth-order valence-electron chi connectivity index (χ4n) is 0.926. The fourth-order valence-corrected chi connectivity index (χ4v) is 1.51. The van der Waals surface area contributed by atoms with Crippen molar-refractivity contribution in [3.05, 3.63) is 33.3 Å². The van der Waals surface area contributed by atoms with Crippen LogP contribution in [0.25, 0.3) is 0 Å². The largest absolute Gasteiger partial charge is 0.462 e. The molecule has 0 bridgehead atoms. The van der Waals surface area contributed by atoms with E-state index < -0.39 is 0 Å². The maximum Gasteiger partial charge on any atom is 0.339 e. The van der Waals surface area contributed by atoms with Crippen molar-refractivity contribution in [1.82, 2.24) is 0 Å². The zero-order chi connectivity index (χ0) is 10.6. The average Bonchev–Trinajstić information content (AvgIpc) is 2.18. The van der Waals surface area contributed by atoms with Crippen molar-refractivity contribution in [2.75, 3.05) is 6.61 Å². The van der Waals surface area contributed by atoms with E-state index in [4.69, 9.17) is 16.3 Å². The van der Waals surface area contributed by atoms with Crippen molar-refractivity contribution in [2.24, 2.45) is 0 Å². The van der Waals surface area contributed by atoms with Crippen LogP contribution in [0.1, 0.15) is 23.7 Å². The van der Waals surface area contributed by atoms with Crippen LogP contribution in [0.2, 0.25) is 5.02 Å². The Morgan fingerprint density at radius 3 is 2.93 bits per heavy atom. The van der Waals surface area contributed by atoms with E-state index in [0.717, 1.165) is 6.42 Å². The Balaban J connectivity index is 2.83. The van der Waals surface area contributed by atoms with Crippen molar-refractivity contribution in [3.63, 3.8) is 0 Å². The van der Waals surface area contributed by atoms with Crippen LogP contribution in [0.5, 0.6) is 0 Å². The predicted molar refractivity (Wildman–Crippen MR) is 59.7 cm³/mol. The van der Waals surface area contributed by atoms with Crippen molar-refractivity contribution in [1.29, 1.82) is 0 Å². The van der Waals surface area contributed by atoms with Crippen molar-refractivity contribution in [3.8, 4) is 0 Å². The minimum absolute atomic E-state index is 0.346. The molecule has 4 heteroatoms. The summed E-state index contributed by atoms with van der Waals surface area (Å²) in [6.45, 7) is 2.37. The molecule has 76 valence electrons. The van der Waals surface area contributed by atoms with Crippen LogP contribution < -0.4 is 0 Å². The first-order valence-corrected chi connectivity index (χ1v) is 5.44. The van der Waals surface area contributed by atoms with Crippen LogP contribution in [-0.4, -0.2) is 12.6 Å². The molecule has 0 fully saturated rings. The number of benzene rings is 1. The second kappa shape index (κ2) is 5.37. The van der Waals surface area contributed by atoms with Crippen molar-refractivity contribution in [2.45, 2.75) is 13.3 Å². The monoisotopic (exact) mass is 276 g/mol. The smallest absolute Gasteiger partial charge is 0.339 e. The van der Waals surface area contributed by atoms with Gasteiger partial charge in [0.25, 0.3) is 0 Å². The maximum atomic E-state index is 11.5. The van der Waals surface area contributed by atoms with Gasteiger partial charge in [-0.3, -0.25) is 0 Å². The third-order valence-electron chi connectivity index (χ3n) is 1.59. The van der Waals surface area contributed by atoms with Crippen LogP contribution in [0.4, 0.5) is 0 Å². The Morgan fingerprint density at radius 1 is 1.57 bits per heavy atom. The number of hydrogen-bond acceptors (Lipinski definition) is 2. The molecule has 0 spiro atoms. The summed E-state index contributed by atoms with van der Waals surface area (Å²) in [6.07, 6.45) is 0.809. The molecule has 0 aromatic heterocycles. The van der Waals surface area contributed by atoms with Gasteiger partial charge in [0.1, 0.15) is 0 Å². The first kappa shape index (κ1) is 11.5. The maximum absolute atomic E-state index is 11.5. The van der Waals surface area contributed by atoms with Gasteiger partial charge in [-0.1, -0.05) is 18.5 Å². The highest BCUT2D eigenvalue weighted by Gasteiger charge is 2.11. The normalized spacial score (nSPS) is 9.93. The minimum atomic E-state index is -0.346. The second-order valence-electron chi connectivity index (χ2n) is 2.76. The molecule has 0 aliphatic rings. The summed E-state index contributed by atoms with van der Waals surface area (Å²) in [5.74, 6) is -0.346. The molecule has 1 rings (SSSR count). The number of hydrogen-bond donors (Lipinski definition) is 0. The predicted octanol–water partition coefficient (Wildman–Crippen LogP) is 3.67. The Labute approximate surface area is 96.3 Å².